The lowest BCUT2D eigenvalue weighted by Crippen LogP contribution is -2.17. The maximum Gasteiger partial charge on any atom is 0.164 e. The van der Waals surface area contributed by atoms with Crippen LogP contribution < -0.4 is 5.32 Å². The topological polar surface area (TPSA) is 12.0 Å². The molecule has 1 nitrogen and oxygen atoms in total. The molecule has 1 N–H and O–H groups in total. The van der Waals surface area contributed by atoms with Crippen LogP contribution in [0.2, 0.25) is 0 Å². The van der Waals surface area contributed by atoms with Gasteiger partial charge in [0.1, 0.15) is 0 Å². The lowest BCUT2D eigenvalue weighted by Gasteiger charge is -2.26. The summed E-state index contributed by atoms with van der Waals surface area (Å²) < 4.78 is 27.2. The van der Waals surface area contributed by atoms with E-state index in [1.165, 1.54) is 6.07 Å². The van der Waals surface area contributed by atoms with E-state index in [9.17, 15) is 8.78 Å². The Hall–Kier alpha value is -1.90. The number of hydrogen-bond donors (Lipinski definition) is 1. The standard InChI is InChI=1S/C18H21F2N/c1-12(13-8-7-10-15(19)17(13)20)21-16-11-6-5-9-14(16)18(2,3)4/h5-12,21H,1-4H3. The highest BCUT2D eigenvalue weighted by molar-refractivity contribution is 5.55. The van der Waals surface area contributed by atoms with Crippen molar-refractivity contribution in [3.63, 3.8) is 0 Å². The predicted octanol–water partition coefficient (Wildman–Crippen LogP) is 5.44. The van der Waals surface area contributed by atoms with E-state index >= 15 is 0 Å². The zero-order valence-corrected chi connectivity index (χ0v) is 12.9. The first-order valence-corrected chi connectivity index (χ1v) is 7.10. The van der Waals surface area contributed by atoms with E-state index in [1.807, 2.05) is 25.1 Å². The third-order valence-electron chi connectivity index (χ3n) is 3.56. The van der Waals surface area contributed by atoms with Crippen molar-refractivity contribution in [2.45, 2.75) is 39.2 Å². The molecule has 0 saturated heterocycles. The highest BCUT2D eigenvalue weighted by Crippen LogP contribution is 2.32. The van der Waals surface area contributed by atoms with E-state index in [2.05, 4.69) is 32.2 Å². The summed E-state index contributed by atoms with van der Waals surface area (Å²) in [5, 5.41) is 3.29. The molecular weight excluding hydrogens is 268 g/mol. The van der Waals surface area contributed by atoms with Gasteiger partial charge >= 0.3 is 0 Å². The van der Waals surface area contributed by atoms with Crippen LogP contribution in [0.4, 0.5) is 14.5 Å². The summed E-state index contributed by atoms with van der Waals surface area (Å²) in [7, 11) is 0. The average Bonchev–Trinajstić information content (AvgIpc) is 2.41. The van der Waals surface area contributed by atoms with Gasteiger partial charge in [0.25, 0.3) is 0 Å². The number of anilines is 1. The van der Waals surface area contributed by atoms with Gasteiger partial charge in [-0.05, 0) is 30.0 Å². The Bertz CT molecular complexity index is 629. The molecule has 0 amide bonds. The fourth-order valence-electron chi connectivity index (χ4n) is 2.43. The van der Waals surface area contributed by atoms with Crippen LogP contribution in [-0.4, -0.2) is 0 Å². The Morgan fingerprint density at radius 1 is 0.952 bits per heavy atom. The van der Waals surface area contributed by atoms with E-state index in [-0.39, 0.29) is 11.5 Å². The fourth-order valence-corrected chi connectivity index (χ4v) is 2.43. The van der Waals surface area contributed by atoms with E-state index in [4.69, 9.17) is 0 Å². The molecule has 0 saturated carbocycles. The average molecular weight is 289 g/mol. The summed E-state index contributed by atoms with van der Waals surface area (Å²) in [6, 6.07) is 11.9. The van der Waals surface area contributed by atoms with Gasteiger partial charge in [0.05, 0.1) is 6.04 Å². The molecule has 0 fully saturated rings. The maximum atomic E-state index is 13.9. The lowest BCUT2D eigenvalue weighted by atomic mass is 9.85. The van der Waals surface area contributed by atoms with Crippen LogP contribution in [0, 0.1) is 11.6 Å². The molecule has 1 unspecified atom stereocenters. The predicted molar refractivity (Wildman–Crippen MR) is 83.5 cm³/mol. The molecule has 0 bridgehead atoms. The van der Waals surface area contributed by atoms with Crippen molar-refractivity contribution in [3.8, 4) is 0 Å². The van der Waals surface area contributed by atoms with Crippen molar-refractivity contribution in [2.24, 2.45) is 0 Å². The second-order valence-electron chi connectivity index (χ2n) is 6.30. The summed E-state index contributed by atoms with van der Waals surface area (Å²) in [5.74, 6) is -1.60. The zero-order valence-electron chi connectivity index (χ0n) is 12.9. The van der Waals surface area contributed by atoms with E-state index < -0.39 is 11.6 Å². The van der Waals surface area contributed by atoms with Crippen LogP contribution in [0.1, 0.15) is 44.9 Å². The van der Waals surface area contributed by atoms with Crippen molar-refractivity contribution in [3.05, 3.63) is 65.2 Å². The molecule has 0 spiro atoms. The number of nitrogens with one attached hydrogen (secondary N) is 1. The number of benzene rings is 2. The van der Waals surface area contributed by atoms with Gasteiger partial charge in [0.15, 0.2) is 11.6 Å². The molecule has 2 aromatic rings. The fraction of sp³-hybridized carbons (Fsp3) is 0.333. The van der Waals surface area contributed by atoms with Crippen molar-refractivity contribution < 1.29 is 8.78 Å². The third kappa shape index (κ3) is 3.41. The molecule has 112 valence electrons. The van der Waals surface area contributed by atoms with Gasteiger partial charge in [-0.15, -0.1) is 0 Å². The van der Waals surface area contributed by atoms with E-state index in [0.29, 0.717) is 5.56 Å². The van der Waals surface area contributed by atoms with Crippen LogP contribution in [0.15, 0.2) is 42.5 Å². The summed E-state index contributed by atoms with van der Waals surface area (Å²) in [6.07, 6.45) is 0. The van der Waals surface area contributed by atoms with Crippen LogP contribution >= 0.6 is 0 Å². The molecule has 3 heteroatoms. The molecule has 0 aromatic heterocycles. The van der Waals surface area contributed by atoms with Gasteiger partial charge in [-0.2, -0.15) is 0 Å². The normalized spacial score (nSPS) is 13.0. The maximum absolute atomic E-state index is 13.9. The Labute approximate surface area is 125 Å². The highest BCUT2D eigenvalue weighted by Gasteiger charge is 2.20. The summed E-state index contributed by atoms with van der Waals surface area (Å²) in [5.41, 5.74) is 2.40. The second-order valence-corrected chi connectivity index (χ2v) is 6.30. The number of para-hydroxylation sites is 1. The zero-order chi connectivity index (χ0) is 15.6. The first-order chi connectivity index (χ1) is 9.80. The Balaban J connectivity index is 2.32. The minimum atomic E-state index is -0.815. The van der Waals surface area contributed by atoms with Gasteiger partial charge in [-0.1, -0.05) is 51.1 Å². The van der Waals surface area contributed by atoms with Gasteiger partial charge < -0.3 is 5.32 Å². The van der Waals surface area contributed by atoms with Gasteiger partial charge in [0.2, 0.25) is 0 Å². The Morgan fingerprint density at radius 3 is 2.29 bits per heavy atom. The number of halogens is 2. The summed E-state index contributed by atoms with van der Waals surface area (Å²) in [6.45, 7) is 8.21. The second kappa shape index (κ2) is 5.84. The number of rotatable bonds is 3. The molecule has 0 aliphatic carbocycles. The van der Waals surface area contributed by atoms with Crippen molar-refractivity contribution in [2.75, 3.05) is 5.32 Å². The van der Waals surface area contributed by atoms with Gasteiger partial charge in [0, 0.05) is 11.3 Å². The van der Waals surface area contributed by atoms with Crippen LogP contribution in [0.3, 0.4) is 0 Å². The van der Waals surface area contributed by atoms with Crippen molar-refractivity contribution in [1.82, 2.24) is 0 Å². The Morgan fingerprint density at radius 2 is 1.62 bits per heavy atom. The molecule has 0 aliphatic heterocycles. The summed E-state index contributed by atoms with van der Waals surface area (Å²) in [4.78, 5) is 0. The molecule has 0 aliphatic rings. The minimum Gasteiger partial charge on any atom is -0.378 e. The first kappa shape index (κ1) is 15.5. The van der Waals surface area contributed by atoms with Gasteiger partial charge in [-0.3, -0.25) is 0 Å². The molecular formula is C18H21F2N. The monoisotopic (exact) mass is 289 g/mol. The number of hydrogen-bond acceptors (Lipinski definition) is 1. The SMILES string of the molecule is CC(Nc1ccccc1C(C)(C)C)c1cccc(F)c1F. The highest BCUT2D eigenvalue weighted by atomic mass is 19.2. The molecule has 1 atom stereocenters. The largest absolute Gasteiger partial charge is 0.378 e. The van der Waals surface area contributed by atoms with Crippen LogP contribution in [0.25, 0.3) is 0 Å². The quantitative estimate of drug-likeness (QED) is 0.793. The lowest BCUT2D eigenvalue weighted by molar-refractivity contribution is 0.494. The van der Waals surface area contributed by atoms with E-state index in [0.717, 1.165) is 17.3 Å². The van der Waals surface area contributed by atoms with Crippen molar-refractivity contribution >= 4 is 5.69 Å². The molecule has 21 heavy (non-hydrogen) atoms. The Kier molecular flexibility index (Phi) is 4.31. The minimum absolute atomic E-state index is 0.0240. The first-order valence-electron chi connectivity index (χ1n) is 7.10. The van der Waals surface area contributed by atoms with Crippen molar-refractivity contribution in [1.29, 1.82) is 0 Å². The van der Waals surface area contributed by atoms with Crippen LogP contribution in [0.5, 0.6) is 0 Å². The van der Waals surface area contributed by atoms with Gasteiger partial charge in [-0.25, -0.2) is 8.78 Å². The smallest absolute Gasteiger partial charge is 0.164 e. The van der Waals surface area contributed by atoms with Crippen LogP contribution in [-0.2, 0) is 5.41 Å². The summed E-state index contributed by atoms with van der Waals surface area (Å²) >= 11 is 0. The van der Waals surface area contributed by atoms with E-state index in [1.54, 1.807) is 6.07 Å². The molecule has 2 aromatic carbocycles. The molecule has 0 heterocycles. The molecule has 0 radical (unpaired) electrons. The molecule has 2 rings (SSSR count). The third-order valence-corrected chi connectivity index (χ3v) is 3.56.